The monoisotopic (exact) mass is 315 g/mol. The van der Waals surface area contributed by atoms with Gasteiger partial charge >= 0.3 is 0 Å². The highest BCUT2D eigenvalue weighted by Gasteiger charge is 2.23. The maximum Gasteiger partial charge on any atom is 0.193 e. The molecule has 1 aliphatic carbocycles. The Morgan fingerprint density at radius 3 is 2.17 bits per heavy atom. The van der Waals surface area contributed by atoms with Crippen LogP contribution in [0.3, 0.4) is 0 Å². The van der Waals surface area contributed by atoms with Crippen molar-refractivity contribution in [2.24, 2.45) is 0 Å². The lowest BCUT2D eigenvalue weighted by Gasteiger charge is -2.19. The highest BCUT2D eigenvalue weighted by Crippen LogP contribution is 2.24. The van der Waals surface area contributed by atoms with Crippen molar-refractivity contribution in [3.63, 3.8) is 0 Å². The minimum Gasteiger partial charge on any atom is -0.358 e. The Hall–Kier alpha value is -3.21. The number of aromatic amines is 2. The zero-order valence-corrected chi connectivity index (χ0v) is 12.7. The van der Waals surface area contributed by atoms with E-state index in [1.54, 1.807) is 18.5 Å². The van der Waals surface area contributed by atoms with Crippen LogP contribution < -0.4 is 10.9 Å². The molecule has 0 unspecified atom stereocenters. The Kier molecular flexibility index (Phi) is 2.56. The minimum absolute atomic E-state index is 0.0146. The largest absolute Gasteiger partial charge is 0.358 e. The molecule has 2 N–H and O–H groups in total. The van der Waals surface area contributed by atoms with Crippen LogP contribution in [-0.2, 0) is 12.8 Å². The lowest BCUT2D eigenvalue weighted by Crippen LogP contribution is -2.25. The van der Waals surface area contributed by atoms with E-state index in [9.17, 15) is 9.59 Å². The predicted octanol–water partition coefficient (Wildman–Crippen LogP) is 2.26. The van der Waals surface area contributed by atoms with Crippen LogP contribution in [0.15, 0.2) is 52.3 Å². The Bertz CT molecular complexity index is 1150. The maximum absolute atomic E-state index is 12.8. The number of hydrogen-bond acceptors (Lipinski definition) is 3. The Morgan fingerprint density at radius 1 is 0.792 bits per heavy atom. The second-order valence-electron chi connectivity index (χ2n) is 6.14. The van der Waals surface area contributed by atoms with Gasteiger partial charge in [0.1, 0.15) is 0 Å². The quantitative estimate of drug-likeness (QED) is 0.460. The third-order valence-electron chi connectivity index (χ3n) is 4.79. The molecule has 24 heavy (non-hydrogen) atoms. The van der Waals surface area contributed by atoms with Gasteiger partial charge in [0.25, 0.3) is 0 Å². The van der Waals surface area contributed by atoms with Gasteiger partial charge in [0.05, 0.1) is 11.7 Å². The van der Waals surface area contributed by atoms with Crippen LogP contribution in [0.1, 0.15) is 22.5 Å². The second-order valence-corrected chi connectivity index (χ2v) is 6.14. The molecule has 5 rings (SSSR count). The van der Waals surface area contributed by atoms with E-state index < -0.39 is 0 Å². The Morgan fingerprint density at radius 2 is 1.42 bits per heavy atom. The van der Waals surface area contributed by atoms with E-state index in [1.807, 2.05) is 24.3 Å². The summed E-state index contributed by atoms with van der Waals surface area (Å²) in [6, 6.07) is 9.21. The second kappa shape index (κ2) is 4.64. The van der Waals surface area contributed by atoms with Gasteiger partial charge in [-0.1, -0.05) is 12.1 Å². The Balaban J connectivity index is 1.81. The lowest BCUT2D eigenvalue weighted by atomic mass is 9.90. The summed E-state index contributed by atoms with van der Waals surface area (Å²) in [5.74, 6) is 0. The van der Waals surface area contributed by atoms with Crippen LogP contribution >= 0.6 is 0 Å². The van der Waals surface area contributed by atoms with Crippen molar-refractivity contribution in [2.45, 2.75) is 12.8 Å². The summed E-state index contributed by atoms with van der Waals surface area (Å²) in [5, 5.41) is 1.32. The first-order chi connectivity index (χ1) is 11.7. The fourth-order valence-electron chi connectivity index (χ4n) is 3.59. The summed E-state index contributed by atoms with van der Waals surface area (Å²) in [4.78, 5) is 36.3. The smallest absolute Gasteiger partial charge is 0.193 e. The summed E-state index contributed by atoms with van der Waals surface area (Å²) in [7, 11) is 0. The van der Waals surface area contributed by atoms with Crippen LogP contribution in [0.2, 0.25) is 0 Å². The van der Waals surface area contributed by atoms with E-state index in [2.05, 4.69) is 15.0 Å². The average molecular weight is 315 g/mol. The third kappa shape index (κ3) is 1.72. The zero-order valence-electron chi connectivity index (χ0n) is 12.7. The van der Waals surface area contributed by atoms with Gasteiger partial charge < -0.3 is 9.97 Å². The number of rotatable bonds is 0. The van der Waals surface area contributed by atoms with Crippen LogP contribution in [0.4, 0.5) is 0 Å². The summed E-state index contributed by atoms with van der Waals surface area (Å²) in [5.41, 5.74) is 4.69. The van der Waals surface area contributed by atoms with Gasteiger partial charge in [-0.3, -0.25) is 14.6 Å². The summed E-state index contributed by atoms with van der Waals surface area (Å²) in [6.07, 6.45) is 4.15. The standard InChI is InChI=1S/C19H13N3O2/c23-18-10-3-1-2-4-14(10)21-15-7-13-16(8-12(15)18)22-17-9-20-6-5-11(17)19(13)24/h1-6,9H,7-8H2,(H,21,23)(H,22,24). The number of nitrogens with zero attached hydrogens (tertiary/aromatic N) is 1. The van der Waals surface area contributed by atoms with Gasteiger partial charge in [0.15, 0.2) is 10.9 Å². The van der Waals surface area contributed by atoms with E-state index in [-0.39, 0.29) is 10.9 Å². The molecule has 116 valence electrons. The molecule has 3 aromatic heterocycles. The topological polar surface area (TPSA) is 78.6 Å². The van der Waals surface area contributed by atoms with Crippen LogP contribution in [0, 0.1) is 0 Å². The van der Waals surface area contributed by atoms with Crippen molar-refractivity contribution in [3.8, 4) is 0 Å². The minimum atomic E-state index is 0.0146. The molecule has 0 amide bonds. The molecule has 0 fully saturated rings. The number of aromatic nitrogens is 3. The molecule has 1 aliphatic rings. The molecule has 3 heterocycles. The van der Waals surface area contributed by atoms with Gasteiger partial charge in [0, 0.05) is 57.8 Å². The molecular formula is C19H13N3O2. The first-order valence-electron chi connectivity index (χ1n) is 7.83. The molecular weight excluding hydrogens is 302 g/mol. The van der Waals surface area contributed by atoms with E-state index >= 15 is 0 Å². The first kappa shape index (κ1) is 13.2. The molecule has 0 atom stereocenters. The summed E-state index contributed by atoms with van der Waals surface area (Å²) < 4.78 is 0. The van der Waals surface area contributed by atoms with Crippen LogP contribution in [0.5, 0.6) is 0 Å². The van der Waals surface area contributed by atoms with Crippen molar-refractivity contribution in [2.75, 3.05) is 0 Å². The zero-order chi connectivity index (χ0) is 16.3. The van der Waals surface area contributed by atoms with Crippen molar-refractivity contribution < 1.29 is 0 Å². The van der Waals surface area contributed by atoms with Crippen LogP contribution in [-0.4, -0.2) is 15.0 Å². The molecule has 1 aromatic carbocycles. The van der Waals surface area contributed by atoms with Crippen molar-refractivity contribution in [1.29, 1.82) is 0 Å². The van der Waals surface area contributed by atoms with Gasteiger partial charge in [-0.05, 0) is 18.2 Å². The van der Waals surface area contributed by atoms with Crippen molar-refractivity contribution in [3.05, 3.63) is 85.7 Å². The molecule has 4 aromatic rings. The number of benzene rings is 1. The highest BCUT2D eigenvalue weighted by atomic mass is 16.1. The highest BCUT2D eigenvalue weighted by molar-refractivity contribution is 5.81. The number of pyridine rings is 3. The maximum atomic E-state index is 12.8. The van der Waals surface area contributed by atoms with E-state index in [1.165, 1.54) is 0 Å². The average Bonchev–Trinajstić information content (AvgIpc) is 2.62. The number of fused-ring (bicyclic) bond motifs is 4. The summed E-state index contributed by atoms with van der Waals surface area (Å²) >= 11 is 0. The fraction of sp³-hybridized carbons (Fsp3) is 0.105. The van der Waals surface area contributed by atoms with Gasteiger partial charge in [-0.25, -0.2) is 0 Å². The predicted molar refractivity (Wildman–Crippen MR) is 92.5 cm³/mol. The third-order valence-corrected chi connectivity index (χ3v) is 4.79. The Labute approximate surface area is 136 Å². The molecule has 0 aliphatic heterocycles. The molecule has 0 spiro atoms. The number of para-hydroxylation sites is 1. The molecule has 5 nitrogen and oxygen atoms in total. The lowest BCUT2D eigenvalue weighted by molar-refractivity contribution is 0.904. The number of hydrogen-bond donors (Lipinski definition) is 2. The van der Waals surface area contributed by atoms with Crippen molar-refractivity contribution in [1.82, 2.24) is 15.0 Å². The first-order valence-corrected chi connectivity index (χ1v) is 7.83. The molecule has 0 radical (unpaired) electrons. The van der Waals surface area contributed by atoms with Crippen molar-refractivity contribution >= 4 is 21.8 Å². The van der Waals surface area contributed by atoms with E-state index in [0.717, 1.165) is 28.0 Å². The van der Waals surface area contributed by atoms with Gasteiger partial charge in [-0.15, -0.1) is 0 Å². The number of nitrogens with one attached hydrogen (secondary N) is 2. The van der Waals surface area contributed by atoms with Gasteiger partial charge in [-0.2, -0.15) is 0 Å². The van der Waals surface area contributed by atoms with E-state index in [4.69, 9.17) is 0 Å². The van der Waals surface area contributed by atoms with E-state index in [0.29, 0.717) is 29.1 Å². The van der Waals surface area contributed by atoms with Gasteiger partial charge in [0.2, 0.25) is 0 Å². The molecule has 0 saturated carbocycles. The molecule has 0 bridgehead atoms. The fourth-order valence-corrected chi connectivity index (χ4v) is 3.59. The summed E-state index contributed by atoms with van der Waals surface area (Å²) in [6.45, 7) is 0. The SMILES string of the molecule is O=c1c2c([nH]c3ccccc13)Cc1c([nH]c3cnccc3c1=O)C2. The number of H-pyrrole nitrogens is 2. The molecule has 0 saturated heterocycles. The molecule has 5 heteroatoms. The van der Waals surface area contributed by atoms with Crippen LogP contribution in [0.25, 0.3) is 21.8 Å². The normalized spacial score (nSPS) is 13.0.